The summed E-state index contributed by atoms with van der Waals surface area (Å²) in [4.78, 5) is 30.6. The first-order valence-corrected chi connectivity index (χ1v) is 10.3. The molecule has 1 saturated carbocycles. The number of ether oxygens (including phenoxy) is 1. The second-order valence-electron chi connectivity index (χ2n) is 7.82. The van der Waals surface area contributed by atoms with E-state index in [-0.39, 0.29) is 11.6 Å². The van der Waals surface area contributed by atoms with Crippen LogP contribution in [0, 0.1) is 10.1 Å². The van der Waals surface area contributed by atoms with Gasteiger partial charge in [0.2, 0.25) is 0 Å². The van der Waals surface area contributed by atoms with Gasteiger partial charge in [-0.1, -0.05) is 12.8 Å². The summed E-state index contributed by atoms with van der Waals surface area (Å²) in [6, 6.07) is 5.31. The molecule has 152 valence electrons. The lowest BCUT2D eigenvalue weighted by molar-refractivity contribution is -0.384. The zero-order chi connectivity index (χ0) is 19.5. The molecule has 28 heavy (non-hydrogen) atoms. The van der Waals surface area contributed by atoms with Crippen molar-refractivity contribution in [1.82, 2.24) is 9.80 Å². The molecule has 2 saturated heterocycles. The first-order valence-electron chi connectivity index (χ1n) is 10.3. The predicted molar refractivity (Wildman–Crippen MR) is 106 cm³/mol. The SMILES string of the molecule is O=C(c1cc([N+](=O)[O-])ccc1N1CCOCC1)N1CCN(C2CCCC2)CC1. The van der Waals surface area contributed by atoms with Crippen molar-refractivity contribution < 1.29 is 14.5 Å². The Morgan fingerprint density at radius 1 is 1.04 bits per heavy atom. The van der Waals surface area contributed by atoms with Gasteiger partial charge in [-0.05, 0) is 18.9 Å². The summed E-state index contributed by atoms with van der Waals surface area (Å²) in [5.74, 6) is -0.101. The Labute approximate surface area is 165 Å². The number of nitro benzene ring substituents is 1. The van der Waals surface area contributed by atoms with Crippen LogP contribution in [0.15, 0.2) is 18.2 Å². The standard InChI is InChI=1S/C20H28N4O4/c25-20(23-9-7-21(8-10-23)16-3-1-2-4-16)18-15-17(24(26)27)5-6-19(18)22-11-13-28-14-12-22/h5-6,15-16H,1-4,7-14H2. The van der Waals surface area contributed by atoms with Gasteiger partial charge in [-0.2, -0.15) is 0 Å². The number of carbonyl (C=O) groups is 1. The summed E-state index contributed by atoms with van der Waals surface area (Å²) >= 11 is 0. The van der Waals surface area contributed by atoms with Gasteiger partial charge in [0.1, 0.15) is 0 Å². The van der Waals surface area contributed by atoms with Crippen LogP contribution in [0.5, 0.6) is 0 Å². The van der Waals surface area contributed by atoms with Crippen LogP contribution in [0.4, 0.5) is 11.4 Å². The molecule has 0 aromatic heterocycles. The van der Waals surface area contributed by atoms with Crippen molar-refractivity contribution in [3.05, 3.63) is 33.9 Å². The van der Waals surface area contributed by atoms with Gasteiger partial charge < -0.3 is 14.5 Å². The summed E-state index contributed by atoms with van der Waals surface area (Å²) < 4.78 is 5.41. The number of morpholine rings is 1. The molecule has 0 N–H and O–H groups in total. The molecule has 8 nitrogen and oxygen atoms in total. The van der Waals surface area contributed by atoms with E-state index in [4.69, 9.17) is 4.74 Å². The summed E-state index contributed by atoms with van der Waals surface area (Å²) in [7, 11) is 0. The number of non-ortho nitro benzene ring substituents is 1. The smallest absolute Gasteiger partial charge is 0.270 e. The van der Waals surface area contributed by atoms with E-state index in [1.807, 2.05) is 4.90 Å². The average Bonchev–Trinajstić information content (AvgIpc) is 3.28. The number of benzene rings is 1. The van der Waals surface area contributed by atoms with Crippen LogP contribution >= 0.6 is 0 Å². The fourth-order valence-corrected chi connectivity index (χ4v) is 4.62. The summed E-state index contributed by atoms with van der Waals surface area (Å²) in [5, 5.41) is 11.3. The van der Waals surface area contributed by atoms with Gasteiger partial charge >= 0.3 is 0 Å². The van der Waals surface area contributed by atoms with Crippen LogP contribution in [0.1, 0.15) is 36.0 Å². The quantitative estimate of drug-likeness (QED) is 0.581. The highest BCUT2D eigenvalue weighted by molar-refractivity contribution is 6.00. The minimum atomic E-state index is -0.433. The zero-order valence-electron chi connectivity index (χ0n) is 16.2. The van der Waals surface area contributed by atoms with Crippen molar-refractivity contribution in [1.29, 1.82) is 0 Å². The van der Waals surface area contributed by atoms with Crippen LogP contribution < -0.4 is 4.90 Å². The van der Waals surface area contributed by atoms with E-state index in [2.05, 4.69) is 9.80 Å². The van der Waals surface area contributed by atoms with Crippen LogP contribution in [-0.4, -0.2) is 79.2 Å². The molecule has 2 heterocycles. The van der Waals surface area contributed by atoms with Crippen LogP contribution in [0.25, 0.3) is 0 Å². The summed E-state index contributed by atoms with van der Waals surface area (Å²) in [5.41, 5.74) is 1.17. The molecular weight excluding hydrogens is 360 g/mol. The molecule has 1 aromatic rings. The van der Waals surface area contributed by atoms with E-state index in [0.717, 1.165) is 18.8 Å². The van der Waals surface area contributed by atoms with Crippen LogP contribution in [0.3, 0.4) is 0 Å². The Kier molecular flexibility index (Phi) is 5.77. The highest BCUT2D eigenvalue weighted by Gasteiger charge is 2.30. The number of hydrogen-bond acceptors (Lipinski definition) is 6. The van der Waals surface area contributed by atoms with Gasteiger partial charge in [-0.25, -0.2) is 0 Å². The van der Waals surface area contributed by atoms with Gasteiger partial charge in [-0.3, -0.25) is 19.8 Å². The topological polar surface area (TPSA) is 79.2 Å². The number of hydrogen-bond donors (Lipinski definition) is 0. The first kappa shape index (κ1) is 19.1. The van der Waals surface area contributed by atoms with E-state index >= 15 is 0 Å². The lowest BCUT2D eigenvalue weighted by Crippen LogP contribution is -2.51. The van der Waals surface area contributed by atoms with Crippen molar-refractivity contribution in [2.24, 2.45) is 0 Å². The molecule has 1 aromatic carbocycles. The lowest BCUT2D eigenvalue weighted by atomic mass is 10.1. The largest absolute Gasteiger partial charge is 0.378 e. The fraction of sp³-hybridized carbons (Fsp3) is 0.650. The molecule has 3 aliphatic rings. The number of anilines is 1. The molecule has 2 aliphatic heterocycles. The molecule has 3 fully saturated rings. The third-order valence-corrected chi connectivity index (χ3v) is 6.22. The van der Waals surface area contributed by atoms with E-state index in [9.17, 15) is 14.9 Å². The predicted octanol–water partition coefficient (Wildman–Crippen LogP) is 2.13. The maximum Gasteiger partial charge on any atom is 0.270 e. The maximum absolute atomic E-state index is 13.3. The Morgan fingerprint density at radius 3 is 2.36 bits per heavy atom. The highest BCUT2D eigenvalue weighted by atomic mass is 16.6. The zero-order valence-corrected chi connectivity index (χ0v) is 16.2. The Hall–Kier alpha value is -2.19. The molecule has 8 heteroatoms. The van der Waals surface area contributed by atoms with E-state index < -0.39 is 4.92 Å². The molecule has 0 atom stereocenters. The van der Waals surface area contributed by atoms with E-state index in [0.29, 0.717) is 51.0 Å². The first-order chi connectivity index (χ1) is 13.6. The molecule has 0 spiro atoms. The molecule has 1 aliphatic carbocycles. The fourth-order valence-electron chi connectivity index (χ4n) is 4.62. The maximum atomic E-state index is 13.3. The Bertz CT molecular complexity index is 721. The van der Waals surface area contributed by atoms with Gasteiger partial charge in [0.15, 0.2) is 0 Å². The number of nitro groups is 1. The molecule has 0 unspecified atom stereocenters. The second kappa shape index (κ2) is 8.45. The van der Waals surface area contributed by atoms with Crippen molar-refractivity contribution in [2.75, 3.05) is 57.4 Å². The van der Waals surface area contributed by atoms with E-state index in [1.165, 1.54) is 37.8 Å². The van der Waals surface area contributed by atoms with E-state index in [1.54, 1.807) is 6.07 Å². The Balaban J connectivity index is 1.52. The van der Waals surface area contributed by atoms with Crippen molar-refractivity contribution in [2.45, 2.75) is 31.7 Å². The number of rotatable bonds is 4. The summed E-state index contributed by atoms with van der Waals surface area (Å²) in [6.45, 7) is 5.72. The second-order valence-corrected chi connectivity index (χ2v) is 7.82. The summed E-state index contributed by atoms with van der Waals surface area (Å²) in [6.07, 6.45) is 5.14. The molecule has 0 bridgehead atoms. The van der Waals surface area contributed by atoms with Gasteiger partial charge in [0.25, 0.3) is 11.6 Å². The lowest BCUT2D eigenvalue weighted by Gasteiger charge is -2.38. The van der Waals surface area contributed by atoms with Crippen LogP contribution in [0.2, 0.25) is 0 Å². The minimum absolute atomic E-state index is 0.0371. The van der Waals surface area contributed by atoms with Gasteiger partial charge in [0.05, 0.1) is 29.4 Å². The number of carbonyl (C=O) groups excluding carboxylic acids is 1. The average molecular weight is 388 g/mol. The number of piperazine rings is 1. The minimum Gasteiger partial charge on any atom is -0.378 e. The van der Waals surface area contributed by atoms with Crippen LogP contribution in [-0.2, 0) is 4.74 Å². The van der Waals surface area contributed by atoms with Crippen molar-refractivity contribution in [3.8, 4) is 0 Å². The highest BCUT2D eigenvalue weighted by Crippen LogP contribution is 2.29. The number of amides is 1. The van der Waals surface area contributed by atoms with Gasteiger partial charge in [-0.15, -0.1) is 0 Å². The molecule has 0 radical (unpaired) electrons. The van der Waals surface area contributed by atoms with Crippen molar-refractivity contribution >= 4 is 17.3 Å². The molecule has 1 amide bonds. The van der Waals surface area contributed by atoms with Crippen molar-refractivity contribution in [3.63, 3.8) is 0 Å². The molecular formula is C20H28N4O4. The third kappa shape index (κ3) is 3.98. The number of nitrogens with zero attached hydrogens (tertiary/aromatic N) is 4. The monoisotopic (exact) mass is 388 g/mol. The third-order valence-electron chi connectivity index (χ3n) is 6.22. The van der Waals surface area contributed by atoms with Gasteiger partial charge in [0, 0.05) is 57.4 Å². The Morgan fingerprint density at radius 2 is 1.71 bits per heavy atom. The normalized spacial score (nSPS) is 21.9. The molecule has 4 rings (SSSR count).